The highest BCUT2D eigenvalue weighted by atomic mass is 16.5. The fourth-order valence-corrected chi connectivity index (χ4v) is 4.56. The lowest BCUT2D eigenvalue weighted by Crippen LogP contribution is -2.53. The average Bonchev–Trinajstić information content (AvgIpc) is 3.45. The van der Waals surface area contributed by atoms with Crippen molar-refractivity contribution in [2.24, 2.45) is 11.7 Å². The number of likely N-dealkylation sites (tertiary alicyclic amines) is 1. The van der Waals surface area contributed by atoms with E-state index in [4.69, 9.17) is 15.2 Å². The first-order chi connectivity index (χ1) is 12.6. The lowest BCUT2D eigenvalue weighted by molar-refractivity contribution is -0.0977. The van der Waals surface area contributed by atoms with Crippen LogP contribution in [0.1, 0.15) is 54.4 Å². The van der Waals surface area contributed by atoms with Gasteiger partial charge in [0.25, 0.3) is 5.91 Å². The number of carbonyl (C=O) groups excluding carboxylic acids is 1. The van der Waals surface area contributed by atoms with Crippen LogP contribution in [0, 0.1) is 5.92 Å². The molecule has 2 saturated carbocycles. The number of nitrogens with zero attached hydrogens (tertiary/aromatic N) is 1. The van der Waals surface area contributed by atoms with Gasteiger partial charge in [-0.2, -0.15) is 0 Å². The largest absolute Gasteiger partial charge is 0.378 e. The lowest BCUT2D eigenvalue weighted by atomic mass is 9.79. The minimum absolute atomic E-state index is 0.0975. The van der Waals surface area contributed by atoms with E-state index in [9.17, 15) is 4.79 Å². The van der Waals surface area contributed by atoms with E-state index in [0.29, 0.717) is 6.54 Å². The number of benzene rings is 1. The van der Waals surface area contributed by atoms with Gasteiger partial charge in [0.2, 0.25) is 0 Å². The summed E-state index contributed by atoms with van der Waals surface area (Å²) in [6.07, 6.45) is 6.66. The van der Waals surface area contributed by atoms with Crippen LogP contribution in [0.2, 0.25) is 0 Å². The smallest absolute Gasteiger partial charge is 0.254 e. The molecule has 142 valence electrons. The third-order valence-corrected chi connectivity index (χ3v) is 6.50. The first kappa shape index (κ1) is 18.0. The maximum absolute atomic E-state index is 13.1. The summed E-state index contributed by atoms with van der Waals surface area (Å²) < 4.78 is 12.1. The molecule has 3 aliphatic rings. The topological polar surface area (TPSA) is 64.8 Å². The van der Waals surface area contributed by atoms with Crippen LogP contribution in [0.3, 0.4) is 0 Å². The highest BCUT2D eigenvalue weighted by Crippen LogP contribution is 2.44. The highest BCUT2D eigenvalue weighted by molar-refractivity contribution is 5.94. The van der Waals surface area contributed by atoms with Gasteiger partial charge in [-0.25, -0.2) is 0 Å². The van der Waals surface area contributed by atoms with Gasteiger partial charge in [0.15, 0.2) is 0 Å². The second kappa shape index (κ2) is 7.29. The predicted molar refractivity (Wildman–Crippen MR) is 99.8 cm³/mol. The number of nitrogens with two attached hydrogens (primary N) is 1. The third-order valence-electron chi connectivity index (χ3n) is 6.50. The summed E-state index contributed by atoms with van der Waals surface area (Å²) in [5.74, 6) is 0.867. The molecule has 2 aliphatic carbocycles. The van der Waals surface area contributed by atoms with Crippen LogP contribution in [-0.4, -0.2) is 48.8 Å². The monoisotopic (exact) mass is 358 g/mol. The van der Waals surface area contributed by atoms with Crippen LogP contribution >= 0.6 is 0 Å². The number of carbonyl (C=O) groups is 1. The summed E-state index contributed by atoms with van der Waals surface area (Å²) in [5.41, 5.74) is 7.24. The van der Waals surface area contributed by atoms with Crippen molar-refractivity contribution in [3.05, 3.63) is 35.4 Å². The zero-order valence-electron chi connectivity index (χ0n) is 15.7. The highest BCUT2D eigenvalue weighted by Gasteiger charge is 2.52. The molecule has 2 N–H and O–H groups in total. The molecule has 0 spiro atoms. The number of hydrogen-bond donors (Lipinski definition) is 1. The Labute approximate surface area is 155 Å². The molecule has 0 radical (unpaired) electrons. The van der Waals surface area contributed by atoms with Crippen molar-refractivity contribution in [3.63, 3.8) is 0 Å². The van der Waals surface area contributed by atoms with E-state index in [1.807, 2.05) is 29.2 Å². The van der Waals surface area contributed by atoms with Gasteiger partial charge in [-0.3, -0.25) is 4.79 Å². The van der Waals surface area contributed by atoms with Crippen molar-refractivity contribution in [2.75, 3.05) is 20.3 Å². The van der Waals surface area contributed by atoms with Crippen LogP contribution in [0.5, 0.6) is 0 Å². The standard InChI is InChI=1S/C21H30N2O3/c1-25-21-9-8-18(26-14-16-2-3-16)12-19(21)23(11-10-21)20(24)17-6-4-15(13-22)5-7-17/h4-7,16,18-19H,2-3,8-14,22H2,1H3/t18-,19-,21+/m0/s1. The van der Waals surface area contributed by atoms with Crippen molar-refractivity contribution >= 4 is 5.91 Å². The Balaban J connectivity index is 1.48. The maximum atomic E-state index is 13.1. The summed E-state index contributed by atoms with van der Waals surface area (Å²) in [5, 5.41) is 0. The molecule has 1 aromatic carbocycles. The zero-order valence-corrected chi connectivity index (χ0v) is 15.7. The second-order valence-corrected chi connectivity index (χ2v) is 8.11. The Hall–Kier alpha value is -1.43. The van der Waals surface area contributed by atoms with Crippen LogP contribution in [0.15, 0.2) is 24.3 Å². The lowest BCUT2D eigenvalue weighted by Gasteiger charge is -2.43. The zero-order chi connectivity index (χ0) is 18.1. The first-order valence-corrected chi connectivity index (χ1v) is 9.92. The molecule has 1 aromatic rings. The number of rotatable bonds is 6. The summed E-state index contributed by atoms with van der Waals surface area (Å²) in [6, 6.07) is 7.76. The third kappa shape index (κ3) is 3.40. The number of methoxy groups -OCH3 is 1. The van der Waals surface area contributed by atoms with Gasteiger partial charge in [0.1, 0.15) is 0 Å². The summed E-state index contributed by atoms with van der Waals surface area (Å²) in [7, 11) is 1.79. The molecular formula is C21H30N2O3. The van der Waals surface area contributed by atoms with E-state index < -0.39 is 0 Å². The van der Waals surface area contributed by atoms with E-state index >= 15 is 0 Å². The van der Waals surface area contributed by atoms with Crippen molar-refractivity contribution < 1.29 is 14.3 Å². The van der Waals surface area contributed by atoms with Gasteiger partial charge in [-0.05, 0) is 62.1 Å². The average molecular weight is 358 g/mol. The van der Waals surface area contributed by atoms with Crippen LogP contribution in [0.4, 0.5) is 0 Å². The van der Waals surface area contributed by atoms with Gasteiger partial charge in [-0.1, -0.05) is 12.1 Å². The van der Waals surface area contributed by atoms with Crippen LogP contribution in [-0.2, 0) is 16.0 Å². The number of amides is 1. The van der Waals surface area contributed by atoms with Crippen LogP contribution < -0.4 is 5.73 Å². The van der Waals surface area contributed by atoms with Crippen molar-refractivity contribution in [1.82, 2.24) is 4.90 Å². The molecule has 5 nitrogen and oxygen atoms in total. The molecule has 0 bridgehead atoms. The van der Waals surface area contributed by atoms with E-state index in [1.165, 1.54) is 12.8 Å². The van der Waals surface area contributed by atoms with E-state index in [-0.39, 0.29) is 23.7 Å². The van der Waals surface area contributed by atoms with Crippen molar-refractivity contribution in [2.45, 2.75) is 62.8 Å². The predicted octanol–water partition coefficient (Wildman–Crippen LogP) is 2.72. The Morgan fingerprint density at radius 2 is 2.00 bits per heavy atom. The molecule has 1 heterocycles. The van der Waals surface area contributed by atoms with Crippen LogP contribution in [0.25, 0.3) is 0 Å². The molecule has 3 atom stereocenters. The minimum atomic E-state index is -0.202. The molecule has 1 saturated heterocycles. The van der Waals surface area contributed by atoms with Crippen molar-refractivity contribution in [3.8, 4) is 0 Å². The molecule has 1 amide bonds. The summed E-state index contributed by atoms with van der Waals surface area (Å²) in [6.45, 7) is 2.13. The van der Waals surface area contributed by atoms with E-state index in [1.54, 1.807) is 7.11 Å². The van der Waals surface area contributed by atoms with E-state index in [0.717, 1.165) is 55.9 Å². The Morgan fingerprint density at radius 3 is 2.65 bits per heavy atom. The molecule has 26 heavy (non-hydrogen) atoms. The van der Waals surface area contributed by atoms with E-state index in [2.05, 4.69) is 0 Å². The molecule has 0 aromatic heterocycles. The molecule has 4 rings (SSSR count). The minimum Gasteiger partial charge on any atom is -0.378 e. The fraction of sp³-hybridized carbons (Fsp3) is 0.667. The molecule has 1 aliphatic heterocycles. The fourth-order valence-electron chi connectivity index (χ4n) is 4.56. The first-order valence-electron chi connectivity index (χ1n) is 9.92. The molecule has 0 unspecified atom stereocenters. The number of ether oxygens (including phenoxy) is 2. The Bertz CT molecular complexity index is 643. The van der Waals surface area contributed by atoms with Crippen molar-refractivity contribution in [1.29, 1.82) is 0 Å². The van der Waals surface area contributed by atoms with Gasteiger partial charge < -0.3 is 20.1 Å². The quantitative estimate of drug-likeness (QED) is 0.849. The van der Waals surface area contributed by atoms with Gasteiger partial charge in [0.05, 0.1) is 17.7 Å². The second-order valence-electron chi connectivity index (χ2n) is 8.11. The SMILES string of the molecule is CO[C@@]12CC[C@H](OCC3CC3)C[C@@H]1N(C(=O)c1ccc(CN)cc1)CC2. The normalized spacial score (nSPS) is 31.1. The summed E-state index contributed by atoms with van der Waals surface area (Å²) >= 11 is 0. The molecule has 3 fully saturated rings. The number of fused-ring (bicyclic) bond motifs is 1. The Kier molecular flexibility index (Phi) is 5.04. The summed E-state index contributed by atoms with van der Waals surface area (Å²) in [4.78, 5) is 15.2. The maximum Gasteiger partial charge on any atom is 0.254 e. The number of hydrogen-bond acceptors (Lipinski definition) is 4. The molecular weight excluding hydrogens is 328 g/mol. The van der Waals surface area contributed by atoms with Gasteiger partial charge in [0, 0.05) is 32.4 Å². The van der Waals surface area contributed by atoms with Gasteiger partial charge >= 0.3 is 0 Å². The molecule has 5 heteroatoms. The Morgan fingerprint density at radius 1 is 1.23 bits per heavy atom. The van der Waals surface area contributed by atoms with Gasteiger partial charge in [-0.15, -0.1) is 0 Å².